The van der Waals surface area contributed by atoms with Gasteiger partial charge in [-0.05, 0) is 6.07 Å². The topological polar surface area (TPSA) is 42.9 Å². The normalized spacial score (nSPS) is 9.30. The zero-order valence-electron chi connectivity index (χ0n) is 5.12. The van der Waals surface area contributed by atoms with Gasteiger partial charge in [-0.15, -0.1) is 11.6 Å². The van der Waals surface area contributed by atoms with Crippen LogP contribution in [0.1, 0.15) is 10.4 Å². The average Bonchev–Trinajstić information content (AvgIpc) is 2.05. The van der Waals surface area contributed by atoms with Gasteiger partial charge < -0.3 is 0 Å². The minimum atomic E-state index is -0.128. The Balaban J connectivity index is 2.85. The molecule has 0 unspecified atom stereocenters. The number of carbonyl (C=O) groups excluding carboxylic acids is 1. The van der Waals surface area contributed by atoms with Gasteiger partial charge in [0, 0.05) is 5.56 Å². The lowest BCUT2D eigenvalue weighted by Gasteiger charge is -1.91. The fourth-order valence-corrected chi connectivity index (χ4v) is 0.687. The lowest BCUT2D eigenvalue weighted by molar-refractivity contribution is 0.102. The first-order valence-corrected chi connectivity index (χ1v) is 3.24. The summed E-state index contributed by atoms with van der Waals surface area (Å²) in [7, 11) is 0. The second-order valence-electron chi connectivity index (χ2n) is 1.69. The van der Waals surface area contributed by atoms with Gasteiger partial charge in [-0.1, -0.05) is 0 Å². The Morgan fingerprint density at radius 1 is 1.60 bits per heavy atom. The number of hydrogen-bond acceptors (Lipinski definition) is 3. The summed E-state index contributed by atoms with van der Waals surface area (Å²) >= 11 is 5.29. The largest absolute Gasteiger partial charge is 0.293 e. The van der Waals surface area contributed by atoms with Crippen LogP contribution in [0.15, 0.2) is 18.5 Å². The van der Waals surface area contributed by atoms with E-state index < -0.39 is 0 Å². The standard InChI is InChI=1S/C6H5ClN2O/c7-3-6(10)5-1-2-8-9-4-5/h1-2,4H,3H2. The van der Waals surface area contributed by atoms with Crippen LogP contribution in [0.25, 0.3) is 0 Å². The van der Waals surface area contributed by atoms with Crippen LogP contribution >= 0.6 is 11.6 Å². The van der Waals surface area contributed by atoms with E-state index in [0.717, 1.165) is 0 Å². The smallest absolute Gasteiger partial charge is 0.179 e. The van der Waals surface area contributed by atoms with Crippen molar-refractivity contribution in [2.75, 3.05) is 5.88 Å². The van der Waals surface area contributed by atoms with Crippen LogP contribution in [0.3, 0.4) is 0 Å². The number of hydrogen-bond donors (Lipinski definition) is 0. The SMILES string of the molecule is O=C(CCl)c1ccnnc1. The Morgan fingerprint density at radius 3 is 2.90 bits per heavy atom. The molecule has 0 radical (unpaired) electrons. The molecule has 0 aromatic carbocycles. The third kappa shape index (κ3) is 1.51. The molecule has 4 heteroatoms. The van der Waals surface area contributed by atoms with Gasteiger partial charge in [0.25, 0.3) is 0 Å². The van der Waals surface area contributed by atoms with Gasteiger partial charge in [0.1, 0.15) is 0 Å². The minimum Gasteiger partial charge on any atom is -0.293 e. The first kappa shape index (κ1) is 7.15. The molecular formula is C6H5ClN2O. The van der Waals surface area contributed by atoms with E-state index in [0.29, 0.717) is 5.56 Å². The molecule has 1 aromatic rings. The number of halogens is 1. The number of rotatable bonds is 2. The lowest BCUT2D eigenvalue weighted by atomic mass is 10.2. The second-order valence-corrected chi connectivity index (χ2v) is 1.96. The predicted octanol–water partition coefficient (Wildman–Crippen LogP) is 0.898. The van der Waals surface area contributed by atoms with E-state index >= 15 is 0 Å². The zero-order valence-corrected chi connectivity index (χ0v) is 5.88. The summed E-state index contributed by atoms with van der Waals surface area (Å²) in [6.45, 7) is 0. The molecule has 1 heterocycles. The second kappa shape index (κ2) is 3.27. The van der Waals surface area contributed by atoms with Crippen molar-refractivity contribution in [1.29, 1.82) is 0 Å². The van der Waals surface area contributed by atoms with E-state index in [-0.39, 0.29) is 11.7 Å². The van der Waals surface area contributed by atoms with Crippen molar-refractivity contribution in [1.82, 2.24) is 10.2 Å². The molecule has 0 aliphatic rings. The Kier molecular flexibility index (Phi) is 2.34. The molecule has 0 amide bonds. The molecule has 0 saturated carbocycles. The number of aromatic nitrogens is 2. The molecule has 0 spiro atoms. The molecule has 10 heavy (non-hydrogen) atoms. The van der Waals surface area contributed by atoms with Gasteiger partial charge in [-0.2, -0.15) is 10.2 Å². The van der Waals surface area contributed by atoms with E-state index in [1.54, 1.807) is 6.07 Å². The van der Waals surface area contributed by atoms with Crippen molar-refractivity contribution in [2.24, 2.45) is 0 Å². The van der Waals surface area contributed by atoms with Gasteiger partial charge in [0.05, 0.1) is 18.3 Å². The molecule has 0 bridgehead atoms. The Morgan fingerprint density at radius 2 is 2.40 bits per heavy atom. The van der Waals surface area contributed by atoms with Gasteiger partial charge >= 0.3 is 0 Å². The molecule has 3 nitrogen and oxygen atoms in total. The van der Waals surface area contributed by atoms with E-state index in [2.05, 4.69) is 10.2 Å². The first-order chi connectivity index (χ1) is 4.84. The van der Waals surface area contributed by atoms with Crippen LogP contribution in [0, 0.1) is 0 Å². The highest BCUT2D eigenvalue weighted by Gasteiger charge is 2.01. The molecule has 0 atom stereocenters. The van der Waals surface area contributed by atoms with Crippen LogP contribution in [0.4, 0.5) is 0 Å². The molecule has 1 aromatic heterocycles. The first-order valence-electron chi connectivity index (χ1n) is 2.70. The van der Waals surface area contributed by atoms with Crippen molar-refractivity contribution in [3.8, 4) is 0 Å². The number of alkyl halides is 1. The number of carbonyl (C=O) groups is 1. The summed E-state index contributed by atoms with van der Waals surface area (Å²) in [4.78, 5) is 10.8. The monoisotopic (exact) mass is 156 g/mol. The summed E-state index contributed by atoms with van der Waals surface area (Å²) in [6.07, 6.45) is 2.85. The number of Topliss-reactive ketones (excluding diaryl/α,β-unsaturated/α-hetero) is 1. The molecule has 0 aliphatic carbocycles. The van der Waals surface area contributed by atoms with Crippen LogP contribution < -0.4 is 0 Å². The van der Waals surface area contributed by atoms with Gasteiger partial charge in [0.2, 0.25) is 0 Å². The van der Waals surface area contributed by atoms with E-state index in [1.165, 1.54) is 12.4 Å². The van der Waals surface area contributed by atoms with E-state index in [1.807, 2.05) is 0 Å². The third-order valence-electron chi connectivity index (χ3n) is 1.03. The molecule has 0 saturated heterocycles. The summed E-state index contributed by atoms with van der Waals surface area (Å²) in [5.41, 5.74) is 0.505. The summed E-state index contributed by atoms with van der Waals surface area (Å²) < 4.78 is 0. The zero-order chi connectivity index (χ0) is 7.40. The van der Waals surface area contributed by atoms with Gasteiger partial charge in [-0.3, -0.25) is 4.79 Å². The van der Waals surface area contributed by atoms with Crippen LogP contribution in [-0.4, -0.2) is 21.9 Å². The van der Waals surface area contributed by atoms with Crippen LogP contribution in [-0.2, 0) is 0 Å². The molecule has 52 valence electrons. The molecule has 1 rings (SSSR count). The molecule has 0 aliphatic heterocycles. The average molecular weight is 157 g/mol. The summed E-state index contributed by atoms with van der Waals surface area (Å²) in [6, 6.07) is 1.58. The van der Waals surface area contributed by atoms with E-state index in [9.17, 15) is 4.79 Å². The highest BCUT2D eigenvalue weighted by Crippen LogP contribution is 1.96. The molecular weight excluding hydrogens is 152 g/mol. The minimum absolute atomic E-state index is 0.00824. The van der Waals surface area contributed by atoms with Crippen molar-refractivity contribution >= 4 is 17.4 Å². The van der Waals surface area contributed by atoms with Crippen molar-refractivity contribution in [3.63, 3.8) is 0 Å². The highest BCUT2D eigenvalue weighted by atomic mass is 35.5. The van der Waals surface area contributed by atoms with Gasteiger partial charge in [-0.25, -0.2) is 0 Å². The van der Waals surface area contributed by atoms with Crippen LogP contribution in [0.5, 0.6) is 0 Å². The quantitative estimate of drug-likeness (QED) is 0.472. The third-order valence-corrected chi connectivity index (χ3v) is 1.27. The number of ketones is 1. The van der Waals surface area contributed by atoms with Crippen molar-refractivity contribution in [2.45, 2.75) is 0 Å². The Hall–Kier alpha value is -0.960. The maximum absolute atomic E-state index is 10.8. The fraction of sp³-hybridized carbons (Fsp3) is 0.167. The summed E-state index contributed by atoms with van der Waals surface area (Å²) in [5, 5.41) is 7.04. The summed E-state index contributed by atoms with van der Waals surface area (Å²) in [5.74, 6) is -0.136. The Labute approximate surface area is 63.0 Å². The maximum Gasteiger partial charge on any atom is 0.179 e. The Bertz CT molecular complexity index is 224. The molecule has 0 N–H and O–H groups in total. The molecule has 0 fully saturated rings. The van der Waals surface area contributed by atoms with Crippen molar-refractivity contribution < 1.29 is 4.79 Å². The fourth-order valence-electron chi connectivity index (χ4n) is 0.533. The van der Waals surface area contributed by atoms with Crippen molar-refractivity contribution in [3.05, 3.63) is 24.0 Å². The number of nitrogens with zero attached hydrogens (tertiary/aromatic N) is 2. The van der Waals surface area contributed by atoms with E-state index in [4.69, 9.17) is 11.6 Å². The maximum atomic E-state index is 10.8. The van der Waals surface area contributed by atoms with Gasteiger partial charge in [0.15, 0.2) is 5.78 Å². The highest BCUT2D eigenvalue weighted by molar-refractivity contribution is 6.30. The van der Waals surface area contributed by atoms with Crippen LogP contribution in [0.2, 0.25) is 0 Å². The lowest BCUT2D eigenvalue weighted by Crippen LogP contribution is -2.00. The predicted molar refractivity (Wildman–Crippen MR) is 37.1 cm³/mol.